The van der Waals surface area contributed by atoms with Crippen molar-refractivity contribution in [3.63, 3.8) is 0 Å². The van der Waals surface area contributed by atoms with E-state index in [1.165, 1.54) is 0 Å². The fraction of sp³-hybridized carbons (Fsp3) is 0.571. The maximum atomic E-state index is 6.11. The van der Waals surface area contributed by atoms with E-state index >= 15 is 0 Å². The van der Waals surface area contributed by atoms with E-state index < -0.39 is 0 Å². The number of halogens is 1. The summed E-state index contributed by atoms with van der Waals surface area (Å²) >= 11 is 6.11. The van der Waals surface area contributed by atoms with Gasteiger partial charge in [-0.2, -0.15) is 10.2 Å². The van der Waals surface area contributed by atoms with Crippen molar-refractivity contribution in [3.8, 4) is 0 Å². The fourth-order valence-corrected chi connectivity index (χ4v) is 3.08. The Kier molecular flexibility index (Phi) is 4.28. The number of aryl methyl sites for hydroxylation is 2. The number of nitrogens with zero attached hydrogens (tertiary/aromatic N) is 4. The predicted octanol–water partition coefficient (Wildman–Crippen LogP) is 1.67. The summed E-state index contributed by atoms with van der Waals surface area (Å²) in [5, 5.41) is 12.5. The van der Waals surface area contributed by atoms with Crippen LogP contribution in [-0.4, -0.2) is 32.7 Å². The molecule has 0 amide bonds. The molecule has 2 atom stereocenters. The van der Waals surface area contributed by atoms with Crippen LogP contribution in [-0.2, 0) is 25.4 Å². The van der Waals surface area contributed by atoms with Crippen molar-refractivity contribution in [2.45, 2.75) is 19.1 Å². The lowest BCUT2D eigenvalue weighted by atomic mass is 9.99. The molecule has 1 N–H and O–H groups in total. The molecular formula is C14H20ClN5O. The summed E-state index contributed by atoms with van der Waals surface area (Å²) in [6.45, 7) is 2.40. The van der Waals surface area contributed by atoms with Crippen LogP contribution in [0.1, 0.15) is 23.9 Å². The summed E-state index contributed by atoms with van der Waals surface area (Å²) in [6, 6.07) is 2.03. The standard InChI is InChI=1S/C14H20ClN5O/c1-19-12(3-5-17-19)14-10(4-6-21-14)7-16-9-13-11(15)8-18-20(13)2/h3,5,8,10,14,16H,4,6-7,9H2,1-2H3/t10-,14+/m0/s1. The first-order valence-electron chi connectivity index (χ1n) is 7.13. The van der Waals surface area contributed by atoms with Crippen molar-refractivity contribution in [2.24, 2.45) is 20.0 Å². The van der Waals surface area contributed by atoms with Crippen molar-refractivity contribution < 1.29 is 4.74 Å². The Hall–Kier alpha value is -1.37. The van der Waals surface area contributed by atoms with Crippen LogP contribution < -0.4 is 5.32 Å². The molecule has 2 aromatic heterocycles. The molecule has 1 aliphatic heterocycles. The third kappa shape index (κ3) is 2.97. The van der Waals surface area contributed by atoms with Crippen LogP contribution >= 0.6 is 11.6 Å². The molecule has 21 heavy (non-hydrogen) atoms. The first-order chi connectivity index (χ1) is 10.2. The van der Waals surface area contributed by atoms with Gasteiger partial charge >= 0.3 is 0 Å². The van der Waals surface area contributed by atoms with E-state index in [1.54, 1.807) is 10.9 Å². The maximum Gasteiger partial charge on any atom is 0.103 e. The largest absolute Gasteiger partial charge is 0.372 e. The van der Waals surface area contributed by atoms with Gasteiger partial charge in [0, 0.05) is 45.9 Å². The molecule has 0 bridgehead atoms. The maximum absolute atomic E-state index is 6.11. The van der Waals surface area contributed by atoms with Gasteiger partial charge in [0.25, 0.3) is 0 Å². The van der Waals surface area contributed by atoms with Crippen molar-refractivity contribution in [2.75, 3.05) is 13.2 Å². The molecule has 3 heterocycles. The Balaban J connectivity index is 1.59. The number of hydrogen-bond acceptors (Lipinski definition) is 4. The first kappa shape index (κ1) is 14.6. The van der Waals surface area contributed by atoms with Crippen LogP contribution in [0, 0.1) is 5.92 Å². The molecule has 6 nitrogen and oxygen atoms in total. The summed E-state index contributed by atoms with van der Waals surface area (Å²) in [5.41, 5.74) is 2.14. The van der Waals surface area contributed by atoms with Gasteiger partial charge in [-0.05, 0) is 12.5 Å². The predicted molar refractivity (Wildman–Crippen MR) is 79.9 cm³/mol. The Morgan fingerprint density at radius 3 is 2.90 bits per heavy atom. The van der Waals surface area contributed by atoms with Gasteiger partial charge in [-0.3, -0.25) is 9.36 Å². The number of rotatable bonds is 5. The van der Waals surface area contributed by atoms with Crippen LogP contribution in [0.25, 0.3) is 0 Å². The quantitative estimate of drug-likeness (QED) is 0.913. The molecule has 2 aromatic rings. The van der Waals surface area contributed by atoms with Crippen LogP contribution in [0.5, 0.6) is 0 Å². The molecule has 114 valence electrons. The number of hydrogen-bond donors (Lipinski definition) is 1. The molecule has 0 radical (unpaired) electrons. The Bertz CT molecular complexity index is 589. The summed E-state index contributed by atoms with van der Waals surface area (Å²) in [7, 11) is 3.86. The third-order valence-corrected chi connectivity index (χ3v) is 4.39. The normalized spacial score (nSPS) is 22.0. The molecular weight excluding hydrogens is 290 g/mol. The Labute approximate surface area is 129 Å². The zero-order valence-electron chi connectivity index (χ0n) is 12.3. The lowest BCUT2D eigenvalue weighted by Crippen LogP contribution is -2.26. The lowest BCUT2D eigenvalue weighted by molar-refractivity contribution is 0.0837. The van der Waals surface area contributed by atoms with Crippen molar-refractivity contribution in [1.82, 2.24) is 24.9 Å². The Morgan fingerprint density at radius 1 is 1.38 bits per heavy atom. The van der Waals surface area contributed by atoms with E-state index in [0.717, 1.165) is 31.0 Å². The average molecular weight is 310 g/mol. The van der Waals surface area contributed by atoms with Gasteiger partial charge in [0.15, 0.2) is 0 Å². The zero-order chi connectivity index (χ0) is 14.8. The Morgan fingerprint density at radius 2 is 2.24 bits per heavy atom. The first-order valence-corrected chi connectivity index (χ1v) is 7.51. The van der Waals surface area contributed by atoms with Crippen LogP contribution in [0.15, 0.2) is 18.5 Å². The van der Waals surface area contributed by atoms with Gasteiger partial charge in [0.05, 0.1) is 22.6 Å². The molecule has 0 aromatic carbocycles. The molecule has 1 fully saturated rings. The monoisotopic (exact) mass is 309 g/mol. The fourth-order valence-electron chi connectivity index (χ4n) is 2.84. The molecule has 3 rings (SSSR count). The zero-order valence-corrected chi connectivity index (χ0v) is 13.0. The molecule has 0 saturated carbocycles. The van der Waals surface area contributed by atoms with E-state index in [1.807, 2.05) is 31.0 Å². The van der Waals surface area contributed by atoms with Crippen LogP contribution in [0.3, 0.4) is 0 Å². The highest BCUT2D eigenvalue weighted by Gasteiger charge is 2.31. The number of aromatic nitrogens is 4. The highest BCUT2D eigenvalue weighted by Crippen LogP contribution is 2.33. The highest BCUT2D eigenvalue weighted by molar-refractivity contribution is 6.31. The van der Waals surface area contributed by atoms with E-state index in [2.05, 4.69) is 15.5 Å². The van der Waals surface area contributed by atoms with E-state index in [-0.39, 0.29) is 6.10 Å². The molecule has 0 unspecified atom stereocenters. The second kappa shape index (κ2) is 6.17. The molecule has 1 aliphatic rings. The van der Waals surface area contributed by atoms with Crippen molar-refractivity contribution in [1.29, 1.82) is 0 Å². The summed E-state index contributed by atoms with van der Waals surface area (Å²) in [4.78, 5) is 0. The smallest absolute Gasteiger partial charge is 0.103 e. The molecule has 7 heteroatoms. The summed E-state index contributed by atoms with van der Waals surface area (Å²) in [5.74, 6) is 0.451. The van der Waals surface area contributed by atoms with Gasteiger partial charge in [-0.15, -0.1) is 0 Å². The minimum absolute atomic E-state index is 0.118. The SMILES string of the molecule is Cn1nccc1[C@@H]1OCC[C@H]1CNCc1c(Cl)cnn1C. The van der Waals surface area contributed by atoms with Crippen LogP contribution in [0.2, 0.25) is 5.02 Å². The molecule has 1 saturated heterocycles. The second-order valence-electron chi connectivity index (χ2n) is 5.41. The van der Waals surface area contributed by atoms with Gasteiger partial charge < -0.3 is 10.1 Å². The van der Waals surface area contributed by atoms with E-state index in [4.69, 9.17) is 16.3 Å². The molecule has 0 spiro atoms. The number of ether oxygens (including phenoxy) is 1. The van der Waals surface area contributed by atoms with E-state index in [9.17, 15) is 0 Å². The number of nitrogens with one attached hydrogen (secondary N) is 1. The highest BCUT2D eigenvalue weighted by atomic mass is 35.5. The summed E-state index contributed by atoms with van der Waals surface area (Å²) < 4.78 is 9.58. The minimum Gasteiger partial charge on any atom is -0.372 e. The van der Waals surface area contributed by atoms with Gasteiger partial charge in [-0.1, -0.05) is 11.6 Å². The summed E-state index contributed by atoms with van der Waals surface area (Å²) in [6.07, 6.45) is 4.67. The van der Waals surface area contributed by atoms with Crippen molar-refractivity contribution in [3.05, 3.63) is 34.9 Å². The third-order valence-electron chi connectivity index (χ3n) is 4.07. The van der Waals surface area contributed by atoms with E-state index in [0.29, 0.717) is 17.5 Å². The second-order valence-corrected chi connectivity index (χ2v) is 5.82. The van der Waals surface area contributed by atoms with Crippen LogP contribution in [0.4, 0.5) is 0 Å². The lowest BCUT2D eigenvalue weighted by Gasteiger charge is -2.19. The van der Waals surface area contributed by atoms with Gasteiger partial charge in [-0.25, -0.2) is 0 Å². The minimum atomic E-state index is 0.118. The molecule has 0 aliphatic carbocycles. The average Bonchev–Trinajstić information content (AvgIpc) is 3.15. The van der Waals surface area contributed by atoms with Gasteiger partial charge in [0.1, 0.15) is 6.10 Å². The van der Waals surface area contributed by atoms with Gasteiger partial charge in [0.2, 0.25) is 0 Å². The topological polar surface area (TPSA) is 56.9 Å². The van der Waals surface area contributed by atoms with Crippen molar-refractivity contribution >= 4 is 11.6 Å².